The number of amides is 1. The summed E-state index contributed by atoms with van der Waals surface area (Å²) in [5.41, 5.74) is 7.35. The van der Waals surface area contributed by atoms with Crippen LogP contribution in [0.25, 0.3) is 0 Å². The molecule has 0 aromatic carbocycles. The van der Waals surface area contributed by atoms with Gasteiger partial charge in [-0.15, -0.1) is 0 Å². The van der Waals surface area contributed by atoms with E-state index in [0.717, 1.165) is 25.2 Å². The lowest BCUT2D eigenvalue weighted by Crippen LogP contribution is -2.30. The quantitative estimate of drug-likeness (QED) is 0.909. The van der Waals surface area contributed by atoms with Crippen LogP contribution >= 0.6 is 0 Å². The molecular weight excluding hydrogens is 238 g/mol. The number of aromatic nitrogens is 1. The van der Waals surface area contributed by atoms with Gasteiger partial charge in [-0.2, -0.15) is 0 Å². The molecule has 0 spiro atoms. The van der Waals surface area contributed by atoms with Crippen LogP contribution in [0.2, 0.25) is 0 Å². The molecule has 1 unspecified atom stereocenters. The molecule has 1 aromatic heterocycles. The van der Waals surface area contributed by atoms with E-state index < -0.39 is 0 Å². The molecular formula is C15H23N3O. The number of rotatable bonds is 3. The predicted octanol–water partition coefficient (Wildman–Crippen LogP) is 2.52. The summed E-state index contributed by atoms with van der Waals surface area (Å²) >= 11 is 0. The smallest absolute Gasteiger partial charge is 0.270 e. The number of likely N-dealkylation sites (tertiary alicyclic amines) is 1. The zero-order valence-corrected chi connectivity index (χ0v) is 11.8. The zero-order chi connectivity index (χ0) is 13.6. The molecule has 1 aliphatic heterocycles. The summed E-state index contributed by atoms with van der Waals surface area (Å²) in [6.45, 7) is 6.26. The van der Waals surface area contributed by atoms with Crippen molar-refractivity contribution in [1.29, 1.82) is 0 Å². The van der Waals surface area contributed by atoms with E-state index in [1.165, 1.54) is 12.8 Å². The molecule has 2 fully saturated rings. The molecule has 1 amide bonds. The fraction of sp³-hybridized carbons (Fsp3) is 0.667. The van der Waals surface area contributed by atoms with Crippen molar-refractivity contribution < 1.29 is 4.79 Å². The fourth-order valence-electron chi connectivity index (χ4n) is 3.00. The predicted molar refractivity (Wildman–Crippen MR) is 76.0 cm³/mol. The van der Waals surface area contributed by atoms with Crippen LogP contribution in [0, 0.1) is 11.8 Å². The Labute approximate surface area is 114 Å². The van der Waals surface area contributed by atoms with E-state index in [2.05, 4.69) is 18.4 Å². The number of carbonyl (C=O) groups excluding carboxylic acids is 1. The lowest BCUT2D eigenvalue weighted by atomic mass is 9.95. The molecule has 4 nitrogen and oxygen atoms in total. The van der Waals surface area contributed by atoms with Crippen molar-refractivity contribution in [2.75, 3.05) is 18.8 Å². The first-order valence-corrected chi connectivity index (χ1v) is 7.33. The van der Waals surface area contributed by atoms with E-state index in [1.54, 1.807) is 0 Å². The van der Waals surface area contributed by atoms with Crippen LogP contribution < -0.4 is 5.73 Å². The number of carbonyl (C=O) groups is 1. The monoisotopic (exact) mass is 261 g/mol. The minimum Gasteiger partial charge on any atom is -0.397 e. The molecule has 3 rings (SSSR count). The topological polar surface area (TPSA) is 51.3 Å². The maximum atomic E-state index is 12.6. The highest BCUT2D eigenvalue weighted by molar-refractivity contribution is 5.94. The van der Waals surface area contributed by atoms with Gasteiger partial charge >= 0.3 is 0 Å². The Morgan fingerprint density at radius 3 is 2.68 bits per heavy atom. The highest BCUT2D eigenvalue weighted by Gasteiger charge is 2.33. The lowest BCUT2D eigenvalue weighted by molar-refractivity contribution is 0.0773. The van der Waals surface area contributed by atoms with Crippen molar-refractivity contribution in [1.82, 2.24) is 9.47 Å². The van der Waals surface area contributed by atoms with Crippen LogP contribution in [0.15, 0.2) is 12.3 Å². The second kappa shape index (κ2) is 4.58. The minimum atomic E-state index is 0.159. The van der Waals surface area contributed by atoms with Gasteiger partial charge in [-0.05, 0) is 37.2 Å². The van der Waals surface area contributed by atoms with Crippen LogP contribution in [-0.4, -0.2) is 28.5 Å². The van der Waals surface area contributed by atoms with Gasteiger partial charge in [-0.1, -0.05) is 13.8 Å². The summed E-state index contributed by atoms with van der Waals surface area (Å²) < 4.78 is 2.08. The van der Waals surface area contributed by atoms with Crippen LogP contribution in [-0.2, 0) is 0 Å². The standard InChI is InChI=1S/C15H23N3O/c1-10(2)11-5-6-17(8-11)15(19)14-7-12(16)9-18(14)13-3-4-13/h7,9-11,13H,3-6,8,16H2,1-2H3. The summed E-state index contributed by atoms with van der Waals surface area (Å²) in [5, 5.41) is 0. The Kier molecular flexibility index (Phi) is 3.03. The van der Waals surface area contributed by atoms with Gasteiger partial charge in [0, 0.05) is 25.3 Å². The lowest BCUT2D eigenvalue weighted by Gasteiger charge is -2.19. The number of nitrogens with zero attached hydrogens (tertiary/aromatic N) is 2. The average molecular weight is 261 g/mol. The van der Waals surface area contributed by atoms with Crippen molar-refractivity contribution in [3.63, 3.8) is 0 Å². The van der Waals surface area contributed by atoms with Crippen LogP contribution in [0.3, 0.4) is 0 Å². The summed E-state index contributed by atoms with van der Waals surface area (Å²) in [6.07, 6.45) is 5.38. The van der Waals surface area contributed by atoms with Crippen LogP contribution in [0.4, 0.5) is 5.69 Å². The van der Waals surface area contributed by atoms with Crippen LogP contribution in [0.1, 0.15) is 49.6 Å². The third-order valence-electron chi connectivity index (χ3n) is 4.48. The van der Waals surface area contributed by atoms with Crippen molar-refractivity contribution in [3.8, 4) is 0 Å². The maximum Gasteiger partial charge on any atom is 0.270 e. The van der Waals surface area contributed by atoms with Gasteiger partial charge in [0.05, 0.1) is 5.69 Å². The minimum absolute atomic E-state index is 0.159. The molecule has 1 saturated heterocycles. The fourth-order valence-corrected chi connectivity index (χ4v) is 3.00. The Morgan fingerprint density at radius 2 is 2.11 bits per heavy atom. The van der Waals surface area contributed by atoms with Crippen molar-refractivity contribution >= 4 is 11.6 Å². The number of anilines is 1. The molecule has 0 radical (unpaired) electrons. The van der Waals surface area contributed by atoms with Gasteiger partial charge in [-0.3, -0.25) is 4.79 Å². The van der Waals surface area contributed by atoms with E-state index in [1.807, 2.05) is 17.2 Å². The van der Waals surface area contributed by atoms with Crippen molar-refractivity contribution in [3.05, 3.63) is 18.0 Å². The SMILES string of the molecule is CC(C)C1CCN(C(=O)c2cc(N)cn2C2CC2)C1. The zero-order valence-electron chi connectivity index (χ0n) is 11.8. The maximum absolute atomic E-state index is 12.6. The Balaban J connectivity index is 1.77. The summed E-state index contributed by atoms with van der Waals surface area (Å²) in [5.74, 6) is 1.45. The van der Waals surface area contributed by atoms with E-state index in [-0.39, 0.29) is 5.91 Å². The Morgan fingerprint density at radius 1 is 1.37 bits per heavy atom. The second-order valence-electron chi connectivity index (χ2n) is 6.34. The number of nitrogen functional groups attached to an aromatic ring is 1. The normalized spacial score (nSPS) is 23.3. The van der Waals surface area contributed by atoms with Gasteiger partial charge in [0.15, 0.2) is 0 Å². The van der Waals surface area contributed by atoms with E-state index >= 15 is 0 Å². The molecule has 1 atom stereocenters. The van der Waals surface area contributed by atoms with Gasteiger partial charge in [0.1, 0.15) is 5.69 Å². The summed E-state index contributed by atoms with van der Waals surface area (Å²) in [4.78, 5) is 14.6. The van der Waals surface area contributed by atoms with Gasteiger partial charge in [-0.25, -0.2) is 0 Å². The first-order valence-electron chi connectivity index (χ1n) is 7.33. The molecule has 19 heavy (non-hydrogen) atoms. The molecule has 4 heteroatoms. The third-order valence-corrected chi connectivity index (χ3v) is 4.48. The molecule has 104 valence electrons. The highest BCUT2D eigenvalue weighted by Crippen LogP contribution is 2.37. The molecule has 1 aliphatic carbocycles. The average Bonchev–Trinajstić information content (AvgIpc) is 2.95. The molecule has 1 saturated carbocycles. The molecule has 1 aromatic rings. The Hall–Kier alpha value is -1.45. The first-order chi connectivity index (χ1) is 9.06. The second-order valence-corrected chi connectivity index (χ2v) is 6.34. The summed E-state index contributed by atoms with van der Waals surface area (Å²) in [7, 11) is 0. The number of hydrogen-bond donors (Lipinski definition) is 1. The first kappa shape index (κ1) is 12.6. The van der Waals surface area contributed by atoms with E-state index in [4.69, 9.17) is 5.73 Å². The number of hydrogen-bond acceptors (Lipinski definition) is 2. The highest BCUT2D eigenvalue weighted by atomic mass is 16.2. The molecule has 2 N–H and O–H groups in total. The van der Waals surface area contributed by atoms with Crippen molar-refractivity contribution in [2.24, 2.45) is 11.8 Å². The van der Waals surface area contributed by atoms with Gasteiger partial charge < -0.3 is 15.2 Å². The van der Waals surface area contributed by atoms with Gasteiger partial charge in [0.25, 0.3) is 5.91 Å². The van der Waals surface area contributed by atoms with Crippen molar-refractivity contribution in [2.45, 2.75) is 39.2 Å². The van der Waals surface area contributed by atoms with E-state index in [9.17, 15) is 4.79 Å². The molecule has 2 heterocycles. The largest absolute Gasteiger partial charge is 0.397 e. The molecule has 2 aliphatic rings. The Bertz CT molecular complexity index is 488. The molecule has 0 bridgehead atoms. The van der Waals surface area contributed by atoms with Crippen LogP contribution in [0.5, 0.6) is 0 Å². The third kappa shape index (κ3) is 2.36. The van der Waals surface area contributed by atoms with E-state index in [0.29, 0.717) is 23.6 Å². The number of nitrogens with two attached hydrogens (primary N) is 1. The van der Waals surface area contributed by atoms with Gasteiger partial charge in [0.2, 0.25) is 0 Å². The summed E-state index contributed by atoms with van der Waals surface area (Å²) in [6, 6.07) is 2.34.